The van der Waals surface area contributed by atoms with E-state index in [1.807, 2.05) is 236 Å². The topological polar surface area (TPSA) is 238 Å². The molecule has 3 fully saturated rings. The Labute approximate surface area is 612 Å². The molecule has 0 spiro atoms. The lowest BCUT2D eigenvalue weighted by Crippen LogP contribution is -2.74. The lowest BCUT2D eigenvalue weighted by Gasteiger charge is -2.51. The number of rotatable bonds is 24. The van der Waals surface area contributed by atoms with Gasteiger partial charge in [-0.1, -0.05) is 212 Å². The van der Waals surface area contributed by atoms with Crippen LogP contribution in [0, 0.1) is 0 Å². The molecule has 0 aromatic heterocycles. The molecule has 7 aromatic rings. The molecule has 0 bridgehead atoms. The highest BCUT2D eigenvalue weighted by atomic mass is 32.2. The Hall–Kier alpha value is -8.91. The van der Waals surface area contributed by atoms with E-state index in [-0.39, 0.29) is 76.5 Å². The summed E-state index contributed by atoms with van der Waals surface area (Å²) < 4.78 is 12.3. The number of thioether (sulfide) groups is 6. The Kier molecular flexibility index (Phi) is 25.5. The SMILES string of the molecule is CSCC1=C(C(=O)O)N2C(=O)[C@@H](NC(=O)Cc3ccccc3)[C@@H]2SC1.CSCC1=C(C(=O)OC(c2ccccc2)c2ccccc2)N2C(=O)[C@@H](NC(=O)Cc3ccccc3)[C@@H]2SC1.CSCC1=CS[C@H]2[C@H](NC(=O)Cc3ccccc3)C(=O)N2[C@H]1C(=O)OC(c1ccccc1)c1ccccc1. The zero-order valence-electron chi connectivity index (χ0n) is 55.4. The van der Waals surface area contributed by atoms with E-state index in [1.165, 1.54) is 45.1 Å². The number of carbonyl (C=O) groups is 9. The fraction of sp³-hybridized carbons (Fsp3) is 0.260. The number of nitrogens with zero attached hydrogens (tertiary/aromatic N) is 3. The van der Waals surface area contributed by atoms with Crippen LogP contribution >= 0.6 is 70.6 Å². The average molecular weight is 1470 g/mol. The van der Waals surface area contributed by atoms with Gasteiger partial charge in [-0.2, -0.15) is 35.3 Å². The molecule has 520 valence electrons. The van der Waals surface area contributed by atoms with Crippen molar-refractivity contribution in [1.29, 1.82) is 0 Å². The summed E-state index contributed by atoms with van der Waals surface area (Å²) in [6, 6.07) is 63.6. The van der Waals surface area contributed by atoms with Crippen LogP contribution in [0.3, 0.4) is 0 Å². The molecule has 0 aliphatic carbocycles. The quantitative estimate of drug-likeness (QED) is 0.0325. The first kappa shape index (κ1) is 73.3. The van der Waals surface area contributed by atoms with Crippen LogP contribution in [0.4, 0.5) is 0 Å². The number of nitrogens with one attached hydrogen (secondary N) is 3. The van der Waals surface area contributed by atoms with E-state index in [2.05, 4.69) is 16.0 Å². The number of hydrogen-bond acceptors (Lipinski definition) is 17. The fourth-order valence-corrected chi connectivity index (χ4v) is 18.5. The molecule has 7 atom stereocenters. The highest BCUT2D eigenvalue weighted by Gasteiger charge is 2.58. The number of benzene rings is 7. The summed E-state index contributed by atoms with van der Waals surface area (Å²) in [6.07, 6.45) is 5.19. The number of carbonyl (C=O) groups excluding carboxylic acids is 8. The number of carboxylic acids is 1. The third-order valence-electron chi connectivity index (χ3n) is 17.2. The van der Waals surface area contributed by atoms with Gasteiger partial charge in [0.15, 0.2) is 18.2 Å². The van der Waals surface area contributed by atoms with Crippen molar-refractivity contribution in [3.8, 4) is 0 Å². The van der Waals surface area contributed by atoms with Crippen molar-refractivity contribution in [1.82, 2.24) is 30.7 Å². The maximum absolute atomic E-state index is 13.8. The molecular formula is C77H74N6O12S6. The summed E-state index contributed by atoms with van der Waals surface area (Å²) in [5, 5.41) is 18.9. The molecule has 13 rings (SSSR count). The first-order valence-electron chi connectivity index (χ1n) is 32.5. The second-order valence-corrected chi connectivity index (χ2v) is 29.9. The lowest BCUT2D eigenvalue weighted by molar-refractivity contribution is -0.165. The molecule has 0 unspecified atom stereocenters. The number of hydrogen-bond donors (Lipinski definition) is 4. The summed E-state index contributed by atoms with van der Waals surface area (Å²) in [4.78, 5) is 120. The maximum Gasteiger partial charge on any atom is 0.356 e. The molecule has 6 aliphatic heterocycles. The van der Waals surface area contributed by atoms with Crippen LogP contribution in [0.5, 0.6) is 0 Å². The largest absolute Gasteiger partial charge is 0.477 e. The van der Waals surface area contributed by atoms with E-state index in [9.17, 15) is 48.3 Å². The van der Waals surface area contributed by atoms with E-state index in [0.717, 1.165) is 55.7 Å². The molecule has 3 saturated heterocycles. The van der Waals surface area contributed by atoms with Gasteiger partial charge in [-0.15, -0.1) is 35.3 Å². The average Bonchev–Trinajstić information content (AvgIpc) is 0.746. The summed E-state index contributed by atoms with van der Waals surface area (Å²) in [5.41, 5.74) is 8.86. The van der Waals surface area contributed by atoms with Gasteiger partial charge in [0.05, 0.1) is 19.3 Å². The molecule has 6 heterocycles. The van der Waals surface area contributed by atoms with Crippen LogP contribution in [0.25, 0.3) is 0 Å². The van der Waals surface area contributed by atoms with E-state index >= 15 is 0 Å². The van der Waals surface area contributed by atoms with Crippen LogP contribution in [-0.4, -0.2) is 161 Å². The third-order valence-corrected chi connectivity index (χ3v) is 23.0. The van der Waals surface area contributed by atoms with Crippen LogP contribution in [-0.2, 0) is 71.9 Å². The maximum atomic E-state index is 13.8. The molecule has 4 N–H and O–H groups in total. The fourth-order valence-electron chi connectivity index (χ4n) is 12.4. The number of carboxylic acid groups (broad SMARTS) is 1. The highest BCUT2D eigenvalue weighted by Crippen LogP contribution is 2.45. The van der Waals surface area contributed by atoms with E-state index < -0.39 is 54.3 Å². The first-order valence-corrected chi connectivity index (χ1v) is 39.7. The Balaban J connectivity index is 0.000000156. The van der Waals surface area contributed by atoms with Gasteiger partial charge in [-0.3, -0.25) is 38.6 Å². The molecule has 6 aliphatic rings. The molecule has 18 nitrogen and oxygen atoms in total. The van der Waals surface area contributed by atoms with Gasteiger partial charge in [0.1, 0.15) is 45.6 Å². The second kappa shape index (κ2) is 35.1. The van der Waals surface area contributed by atoms with Crippen molar-refractivity contribution in [2.75, 3.05) is 47.5 Å². The Morgan fingerprint density at radius 1 is 0.455 bits per heavy atom. The Morgan fingerprint density at radius 2 is 0.792 bits per heavy atom. The van der Waals surface area contributed by atoms with E-state index in [0.29, 0.717) is 34.5 Å². The van der Waals surface area contributed by atoms with Gasteiger partial charge in [0.25, 0.3) is 11.8 Å². The zero-order chi connectivity index (χ0) is 70.9. The number of aliphatic carboxylic acids is 1. The third kappa shape index (κ3) is 17.5. The predicted octanol–water partition coefficient (Wildman–Crippen LogP) is 10.5. The second-order valence-electron chi connectivity index (χ2n) is 24.1. The van der Waals surface area contributed by atoms with Crippen molar-refractivity contribution in [2.24, 2.45) is 0 Å². The lowest BCUT2D eigenvalue weighted by atomic mass is 9.97. The molecule has 6 amide bonds. The van der Waals surface area contributed by atoms with Gasteiger partial charge < -0.3 is 35.4 Å². The van der Waals surface area contributed by atoms with Crippen LogP contribution in [0.1, 0.15) is 51.2 Å². The van der Waals surface area contributed by atoms with Gasteiger partial charge in [0.2, 0.25) is 23.6 Å². The Bertz CT molecular complexity index is 4090. The van der Waals surface area contributed by atoms with Crippen LogP contribution in [0.15, 0.2) is 246 Å². The minimum absolute atomic E-state index is 0.0802. The summed E-state index contributed by atoms with van der Waals surface area (Å²) in [7, 11) is 0. The van der Waals surface area contributed by atoms with Crippen molar-refractivity contribution < 1.29 is 57.7 Å². The summed E-state index contributed by atoms with van der Waals surface area (Å²) in [5.74, 6) is -0.743. The smallest absolute Gasteiger partial charge is 0.356 e. The van der Waals surface area contributed by atoms with Gasteiger partial charge in [-0.25, -0.2) is 14.4 Å². The van der Waals surface area contributed by atoms with E-state index in [4.69, 9.17) is 9.47 Å². The Morgan fingerprint density at radius 3 is 1.16 bits per heavy atom. The monoisotopic (exact) mass is 1470 g/mol. The zero-order valence-corrected chi connectivity index (χ0v) is 60.3. The normalized spacial score (nSPS) is 20.1. The summed E-state index contributed by atoms with van der Waals surface area (Å²) in [6.45, 7) is 0. The number of esters is 2. The first-order chi connectivity index (χ1) is 49.1. The molecule has 24 heteroatoms. The molecule has 7 aromatic carbocycles. The van der Waals surface area contributed by atoms with Crippen molar-refractivity contribution in [3.63, 3.8) is 0 Å². The number of ether oxygens (including phenoxy) is 2. The van der Waals surface area contributed by atoms with Crippen LogP contribution < -0.4 is 16.0 Å². The van der Waals surface area contributed by atoms with Gasteiger partial charge in [0, 0.05) is 28.8 Å². The number of β-lactam (4-membered cyclic amide) rings is 3. The molecule has 0 radical (unpaired) electrons. The van der Waals surface area contributed by atoms with Gasteiger partial charge >= 0.3 is 17.9 Å². The van der Waals surface area contributed by atoms with Crippen molar-refractivity contribution in [2.45, 2.75) is 71.8 Å². The minimum atomic E-state index is -1.09. The molecule has 0 saturated carbocycles. The number of fused-ring (bicyclic) bond motifs is 3. The van der Waals surface area contributed by atoms with Crippen molar-refractivity contribution >= 4 is 124 Å². The van der Waals surface area contributed by atoms with Crippen LogP contribution in [0.2, 0.25) is 0 Å². The molecular weight excluding hydrogens is 1390 g/mol. The number of amides is 6. The highest BCUT2D eigenvalue weighted by molar-refractivity contribution is 8.03. The standard InChI is InChI=1S/2C30H28N2O4S2.C17H18N2O4S2/c2*1-37-18-23-19-38-29-25(31-24(33)17-20-11-5-2-6-12-20)28(34)32(29)26(23)30(35)36-27(21-13-7-3-8-14-21)22-15-9-4-10-16-22;1-24-8-11-9-25-16-13(15(21)19(16)14(11)17(22)23)18-12(20)7-10-5-3-2-4-6-10/h2-16,25,27,29H,17-19H2,1H3,(H,31,33);2-16,19,25-27,29H,17-18H2,1H3,(H,31,33);2-6,13,16H,7-9H2,1H3,(H,18,20)(H,22,23)/t25-,29+;25-,26-,29+;13-,16+/m111/s1. The van der Waals surface area contributed by atoms with Crippen molar-refractivity contribution in [3.05, 3.63) is 285 Å². The predicted molar refractivity (Wildman–Crippen MR) is 401 cm³/mol. The van der Waals surface area contributed by atoms with Gasteiger partial charge in [-0.05, 0) is 79.8 Å². The minimum Gasteiger partial charge on any atom is -0.477 e. The molecule has 101 heavy (non-hydrogen) atoms. The van der Waals surface area contributed by atoms with E-state index in [1.54, 1.807) is 40.2 Å². The summed E-state index contributed by atoms with van der Waals surface area (Å²) >= 11 is 9.23.